The predicted octanol–water partition coefficient (Wildman–Crippen LogP) is 5.40. The van der Waals surface area contributed by atoms with Gasteiger partial charge in [0.05, 0.1) is 16.9 Å². The van der Waals surface area contributed by atoms with Crippen molar-refractivity contribution in [1.82, 2.24) is 10.1 Å². The zero-order valence-corrected chi connectivity index (χ0v) is 16.5. The topological polar surface area (TPSA) is 68.0 Å². The van der Waals surface area contributed by atoms with Crippen molar-refractivity contribution in [3.8, 4) is 10.7 Å². The lowest BCUT2D eigenvalue weighted by Crippen LogP contribution is -2.14. The van der Waals surface area contributed by atoms with Crippen molar-refractivity contribution in [3.05, 3.63) is 87.5 Å². The first-order valence-corrected chi connectivity index (χ1v) is 9.88. The predicted molar refractivity (Wildman–Crippen MR) is 109 cm³/mol. The number of anilines is 1. The Bertz CT molecular complexity index is 1080. The Kier molecular flexibility index (Phi) is 5.13. The number of carbonyl (C=O) groups excluding carboxylic acids is 1. The first-order valence-electron chi connectivity index (χ1n) is 8.21. The summed E-state index contributed by atoms with van der Waals surface area (Å²) in [6.45, 7) is 0. The van der Waals surface area contributed by atoms with Crippen LogP contribution < -0.4 is 5.32 Å². The number of hydrogen-bond acceptors (Lipinski definition) is 5. The van der Waals surface area contributed by atoms with E-state index in [4.69, 9.17) is 4.52 Å². The molecule has 1 N–H and O–H groups in total. The number of thiophene rings is 1. The first-order chi connectivity index (χ1) is 13.2. The van der Waals surface area contributed by atoms with Crippen LogP contribution >= 0.6 is 27.3 Å². The largest absolute Gasteiger partial charge is 0.339 e. The van der Waals surface area contributed by atoms with Crippen molar-refractivity contribution in [1.29, 1.82) is 0 Å². The van der Waals surface area contributed by atoms with E-state index in [2.05, 4.69) is 31.4 Å². The third kappa shape index (κ3) is 3.99. The second-order valence-electron chi connectivity index (χ2n) is 5.76. The summed E-state index contributed by atoms with van der Waals surface area (Å²) in [5, 5.41) is 8.97. The molecule has 0 unspecified atom stereocenters. The van der Waals surface area contributed by atoms with Gasteiger partial charge >= 0.3 is 0 Å². The molecule has 7 heteroatoms. The highest BCUT2D eigenvalue weighted by atomic mass is 79.9. The van der Waals surface area contributed by atoms with Crippen LogP contribution in [0.25, 0.3) is 10.7 Å². The second kappa shape index (κ2) is 7.85. The number of nitrogens with zero attached hydrogens (tertiary/aromatic N) is 2. The van der Waals surface area contributed by atoms with Crippen LogP contribution in [0.15, 0.2) is 75.0 Å². The SMILES string of the molecule is O=C(Nc1ccccc1Cc1nc(-c2cccs2)no1)c1ccccc1Br. The van der Waals surface area contributed by atoms with E-state index in [1.165, 1.54) is 0 Å². The molecule has 0 aliphatic rings. The molecular formula is C20H14BrN3O2S. The molecule has 0 fully saturated rings. The van der Waals surface area contributed by atoms with E-state index < -0.39 is 0 Å². The normalized spacial score (nSPS) is 10.7. The van der Waals surface area contributed by atoms with E-state index in [1.807, 2.05) is 60.0 Å². The van der Waals surface area contributed by atoms with Gasteiger partial charge in [-0.25, -0.2) is 0 Å². The highest BCUT2D eigenvalue weighted by molar-refractivity contribution is 9.10. The van der Waals surface area contributed by atoms with Crippen molar-refractivity contribution >= 4 is 38.9 Å². The van der Waals surface area contributed by atoms with Crippen LogP contribution in [0.3, 0.4) is 0 Å². The van der Waals surface area contributed by atoms with E-state index in [-0.39, 0.29) is 5.91 Å². The number of para-hydroxylation sites is 1. The molecule has 0 radical (unpaired) electrons. The molecule has 27 heavy (non-hydrogen) atoms. The molecular weight excluding hydrogens is 426 g/mol. The molecule has 0 aliphatic heterocycles. The quantitative estimate of drug-likeness (QED) is 0.451. The average Bonchev–Trinajstić information content (AvgIpc) is 3.35. The number of halogens is 1. The molecule has 0 aliphatic carbocycles. The third-order valence-electron chi connectivity index (χ3n) is 3.94. The Morgan fingerprint density at radius 2 is 1.89 bits per heavy atom. The summed E-state index contributed by atoms with van der Waals surface area (Å²) < 4.78 is 6.13. The second-order valence-corrected chi connectivity index (χ2v) is 7.56. The minimum absolute atomic E-state index is 0.181. The number of nitrogens with one attached hydrogen (secondary N) is 1. The van der Waals surface area contributed by atoms with Gasteiger partial charge in [0.25, 0.3) is 5.91 Å². The van der Waals surface area contributed by atoms with Gasteiger partial charge in [0.2, 0.25) is 11.7 Å². The van der Waals surface area contributed by atoms with Gasteiger partial charge in [0.15, 0.2) is 0 Å². The summed E-state index contributed by atoms with van der Waals surface area (Å²) in [6.07, 6.45) is 0.435. The number of hydrogen-bond donors (Lipinski definition) is 1. The van der Waals surface area contributed by atoms with Crippen LogP contribution in [0.5, 0.6) is 0 Å². The molecule has 0 spiro atoms. The molecule has 5 nitrogen and oxygen atoms in total. The summed E-state index contributed by atoms with van der Waals surface area (Å²) in [6, 6.07) is 18.8. The van der Waals surface area contributed by atoms with E-state index >= 15 is 0 Å². The maximum absolute atomic E-state index is 12.6. The highest BCUT2D eigenvalue weighted by Gasteiger charge is 2.15. The van der Waals surface area contributed by atoms with Crippen molar-refractivity contribution in [2.24, 2.45) is 0 Å². The van der Waals surface area contributed by atoms with Crippen molar-refractivity contribution in [3.63, 3.8) is 0 Å². The lowest BCUT2D eigenvalue weighted by molar-refractivity contribution is 0.102. The van der Waals surface area contributed by atoms with Gasteiger partial charge in [0.1, 0.15) is 0 Å². The molecule has 0 saturated heterocycles. The average molecular weight is 440 g/mol. The van der Waals surface area contributed by atoms with E-state index in [9.17, 15) is 4.79 Å². The molecule has 2 aromatic carbocycles. The number of aromatic nitrogens is 2. The van der Waals surface area contributed by atoms with Crippen molar-refractivity contribution < 1.29 is 9.32 Å². The Labute approximate surface area is 168 Å². The minimum atomic E-state index is -0.181. The summed E-state index contributed by atoms with van der Waals surface area (Å²) in [4.78, 5) is 18.0. The van der Waals surface area contributed by atoms with Crippen LogP contribution in [-0.2, 0) is 6.42 Å². The Morgan fingerprint density at radius 3 is 2.70 bits per heavy atom. The van der Waals surface area contributed by atoms with Gasteiger partial charge in [-0.3, -0.25) is 4.79 Å². The van der Waals surface area contributed by atoms with E-state index in [0.717, 1.165) is 14.9 Å². The van der Waals surface area contributed by atoms with Crippen LogP contribution in [0.2, 0.25) is 0 Å². The first kappa shape index (κ1) is 17.6. The summed E-state index contributed by atoms with van der Waals surface area (Å²) in [5.41, 5.74) is 2.19. The van der Waals surface area contributed by atoms with Gasteiger partial charge in [-0.1, -0.05) is 41.6 Å². The third-order valence-corrected chi connectivity index (χ3v) is 5.49. The Hall–Kier alpha value is -2.77. The molecule has 2 aromatic heterocycles. The van der Waals surface area contributed by atoms with E-state index in [1.54, 1.807) is 17.4 Å². The number of rotatable bonds is 5. The van der Waals surface area contributed by atoms with Gasteiger partial charge in [-0.2, -0.15) is 4.98 Å². The van der Waals surface area contributed by atoms with Crippen molar-refractivity contribution in [2.75, 3.05) is 5.32 Å². The maximum atomic E-state index is 12.6. The molecule has 2 heterocycles. The van der Waals surface area contributed by atoms with Crippen LogP contribution in [-0.4, -0.2) is 16.0 Å². The van der Waals surface area contributed by atoms with Crippen LogP contribution in [0.1, 0.15) is 21.8 Å². The molecule has 134 valence electrons. The lowest BCUT2D eigenvalue weighted by atomic mass is 10.1. The Balaban J connectivity index is 1.55. The van der Waals surface area contributed by atoms with Gasteiger partial charge < -0.3 is 9.84 Å². The monoisotopic (exact) mass is 439 g/mol. The number of amides is 1. The smallest absolute Gasteiger partial charge is 0.256 e. The standard InChI is InChI=1S/C20H14BrN3O2S/c21-15-8-3-2-7-14(15)20(25)22-16-9-4-1-6-13(16)12-18-23-19(24-26-18)17-10-5-11-27-17/h1-11H,12H2,(H,22,25). The summed E-state index contributed by atoms with van der Waals surface area (Å²) >= 11 is 4.97. The van der Waals surface area contributed by atoms with Gasteiger partial charge in [0, 0.05) is 10.2 Å². The molecule has 0 atom stereocenters. The fourth-order valence-electron chi connectivity index (χ4n) is 2.63. The Morgan fingerprint density at radius 1 is 1.07 bits per heavy atom. The van der Waals surface area contributed by atoms with Gasteiger partial charge in [-0.05, 0) is 51.1 Å². The molecule has 0 saturated carbocycles. The minimum Gasteiger partial charge on any atom is -0.339 e. The number of benzene rings is 2. The van der Waals surface area contributed by atoms with Crippen LogP contribution in [0, 0.1) is 0 Å². The highest BCUT2D eigenvalue weighted by Crippen LogP contribution is 2.24. The zero-order valence-electron chi connectivity index (χ0n) is 14.1. The lowest BCUT2D eigenvalue weighted by Gasteiger charge is -2.10. The fraction of sp³-hybridized carbons (Fsp3) is 0.0500. The van der Waals surface area contributed by atoms with Crippen LogP contribution in [0.4, 0.5) is 5.69 Å². The maximum Gasteiger partial charge on any atom is 0.256 e. The molecule has 4 rings (SSSR count). The molecule has 0 bridgehead atoms. The van der Waals surface area contributed by atoms with Gasteiger partial charge in [-0.15, -0.1) is 11.3 Å². The van der Waals surface area contributed by atoms with Crippen molar-refractivity contribution in [2.45, 2.75) is 6.42 Å². The summed E-state index contributed by atoms with van der Waals surface area (Å²) in [5.74, 6) is 0.899. The zero-order chi connectivity index (χ0) is 18.6. The summed E-state index contributed by atoms with van der Waals surface area (Å²) in [7, 11) is 0. The fourth-order valence-corrected chi connectivity index (χ4v) is 3.74. The molecule has 1 amide bonds. The number of carbonyl (C=O) groups is 1. The molecule has 4 aromatic rings. The van der Waals surface area contributed by atoms with E-state index in [0.29, 0.717) is 29.4 Å².